The third-order valence-corrected chi connectivity index (χ3v) is 5.68. The molecule has 3 rings (SSSR count). The number of anilines is 1. The number of H-pyrrole nitrogens is 1. The van der Waals surface area contributed by atoms with E-state index in [1.54, 1.807) is 32.2 Å². The fraction of sp³-hybridized carbons (Fsp3) is 0.222. The average molecular weight is 431 g/mol. The van der Waals surface area contributed by atoms with E-state index in [1.165, 1.54) is 6.92 Å². The van der Waals surface area contributed by atoms with E-state index in [0.29, 0.717) is 22.0 Å². The molecule has 3 aromatic rings. The van der Waals surface area contributed by atoms with E-state index < -0.39 is 11.2 Å². The van der Waals surface area contributed by atoms with Crippen LogP contribution in [0.2, 0.25) is 0 Å². The molecule has 0 radical (unpaired) electrons. The molecule has 0 unspecified atom stereocenters. The maximum atomic E-state index is 12.5. The van der Waals surface area contributed by atoms with Crippen LogP contribution in [-0.2, 0) is 4.74 Å². The van der Waals surface area contributed by atoms with Gasteiger partial charge in [0.1, 0.15) is 10.7 Å². The number of hydrogen-bond acceptors (Lipinski definition) is 9. The number of nitrogens with zero attached hydrogens (tertiary/aromatic N) is 3. The van der Waals surface area contributed by atoms with Gasteiger partial charge in [0.2, 0.25) is 5.16 Å². The van der Waals surface area contributed by atoms with Crippen LogP contribution in [0.1, 0.15) is 39.4 Å². The molecule has 0 aromatic carbocycles. The molecular formula is C18H17N5O4S2. The lowest BCUT2D eigenvalue weighted by Crippen LogP contribution is -2.11. The fourth-order valence-corrected chi connectivity index (χ4v) is 4.19. The van der Waals surface area contributed by atoms with Crippen LogP contribution in [0.5, 0.6) is 0 Å². The Kier molecular flexibility index (Phi) is 6.39. The lowest BCUT2D eigenvalue weighted by Gasteiger charge is -2.05. The molecule has 0 aliphatic carbocycles. The highest BCUT2D eigenvalue weighted by Gasteiger charge is 2.25. The van der Waals surface area contributed by atoms with Gasteiger partial charge in [0, 0.05) is 18.0 Å². The monoisotopic (exact) mass is 431 g/mol. The van der Waals surface area contributed by atoms with E-state index in [-0.39, 0.29) is 28.1 Å². The number of thiophene rings is 1. The Morgan fingerprint density at radius 3 is 2.76 bits per heavy atom. The maximum Gasteiger partial charge on any atom is 0.341 e. The first kappa shape index (κ1) is 20.7. The van der Waals surface area contributed by atoms with Crippen LogP contribution in [0, 0.1) is 6.92 Å². The first-order valence-electron chi connectivity index (χ1n) is 8.54. The quantitative estimate of drug-likeness (QED) is 0.341. The van der Waals surface area contributed by atoms with Gasteiger partial charge in [-0.25, -0.2) is 4.79 Å². The molecule has 1 amide bonds. The van der Waals surface area contributed by atoms with E-state index >= 15 is 0 Å². The van der Waals surface area contributed by atoms with Gasteiger partial charge in [0.05, 0.1) is 17.0 Å². The zero-order valence-corrected chi connectivity index (χ0v) is 17.4. The van der Waals surface area contributed by atoms with Gasteiger partial charge in [-0.05, 0) is 38.5 Å². The number of nitrogens with one attached hydrogen (secondary N) is 2. The summed E-state index contributed by atoms with van der Waals surface area (Å²) in [6.45, 7) is 4.92. The molecule has 29 heavy (non-hydrogen) atoms. The number of Topliss-reactive ketones (excluding diaryl/α,β-unsaturated/α-hetero) is 1. The third-order valence-electron chi connectivity index (χ3n) is 3.72. The predicted molar refractivity (Wildman–Crippen MR) is 110 cm³/mol. The summed E-state index contributed by atoms with van der Waals surface area (Å²) in [5.41, 5.74) is 1.26. The average Bonchev–Trinajstić information content (AvgIpc) is 3.27. The molecule has 0 aliphatic rings. The van der Waals surface area contributed by atoms with Crippen LogP contribution in [0.3, 0.4) is 0 Å². The summed E-state index contributed by atoms with van der Waals surface area (Å²) in [6.07, 6.45) is 1.63. The van der Waals surface area contributed by atoms with Gasteiger partial charge in [-0.1, -0.05) is 6.07 Å². The second-order valence-electron chi connectivity index (χ2n) is 5.73. The summed E-state index contributed by atoms with van der Waals surface area (Å²) in [7, 11) is 0. The van der Waals surface area contributed by atoms with Crippen molar-refractivity contribution in [3.8, 4) is 11.5 Å². The molecule has 2 N–H and O–H groups in total. The van der Waals surface area contributed by atoms with Crippen molar-refractivity contribution in [1.29, 1.82) is 0 Å². The largest absolute Gasteiger partial charge is 0.462 e. The van der Waals surface area contributed by atoms with Crippen molar-refractivity contribution in [3.05, 3.63) is 40.4 Å². The SMILES string of the molecule is CCOC(=O)c1c(NC(=O)Sc2n[nH]c(-c3ccccn3)n2)sc(C(C)=O)c1C. The number of pyridine rings is 1. The lowest BCUT2D eigenvalue weighted by atomic mass is 10.1. The Bertz CT molecular complexity index is 1060. The molecule has 0 bridgehead atoms. The Hall–Kier alpha value is -3.05. The smallest absolute Gasteiger partial charge is 0.341 e. The van der Waals surface area contributed by atoms with E-state index in [1.807, 2.05) is 6.07 Å². The Balaban J connectivity index is 1.78. The van der Waals surface area contributed by atoms with Gasteiger partial charge < -0.3 is 10.1 Å². The molecule has 0 fully saturated rings. The van der Waals surface area contributed by atoms with Crippen molar-refractivity contribution in [2.24, 2.45) is 0 Å². The number of hydrogen-bond donors (Lipinski definition) is 2. The second kappa shape index (κ2) is 8.97. The van der Waals surface area contributed by atoms with Gasteiger partial charge in [0.15, 0.2) is 11.6 Å². The van der Waals surface area contributed by atoms with Crippen LogP contribution < -0.4 is 5.32 Å². The number of thioether (sulfide) groups is 1. The van der Waals surface area contributed by atoms with Gasteiger partial charge in [-0.3, -0.25) is 19.7 Å². The minimum Gasteiger partial charge on any atom is -0.462 e. The number of amides is 1. The zero-order valence-electron chi connectivity index (χ0n) is 15.8. The predicted octanol–water partition coefficient (Wildman–Crippen LogP) is 3.94. The maximum absolute atomic E-state index is 12.5. The number of rotatable bonds is 6. The molecular weight excluding hydrogens is 414 g/mol. The molecule has 0 saturated carbocycles. The van der Waals surface area contributed by atoms with Gasteiger partial charge >= 0.3 is 5.97 Å². The summed E-state index contributed by atoms with van der Waals surface area (Å²) < 4.78 is 5.06. The van der Waals surface area contributed by atoms with E-state index in [0.717, 1.165) is 23.1 Å². The van der Waals surface area contributed by atoms with Gasteiger partial charge in [0.25, 0.3) is 5.24 Å². The number of ketones is 1. The number of aromatic amines is 1. The number of carbonyl (C=O) groups excluding carboxylic acids is 3. The Morgan fingerprint density at radius 2 is 2.10 bits per heavy atom. The molecule has 11 heteroatoms. The molecule has 3 heterocycles. The fourth-order valence-electron chi connectivity index (χ4n) is 2.50. The summed E-state index contributed by atoms with van der Waals surface area (Å²) >= 11 is 1.78. The minimum atomic E-state index is -0.593. The molecule has 0 atom stereocenters. The Morgan fingerprint density at radius 1 is 1.31 bits per heavy atom. The molecule has 0 spiro atoms. The van der Waals surface area contributed by atoms with Crippen molar-refractivity contribution in [2.45, 2.75) is 25.9 Å². The zero-order chi connectivity index (χ0) is 21.0. The van der Waals surface area contributed by atoms with Gasteiger partial charge in [-0.15, -0.1) is 16.4 Å². The van der Waals surface area contributed by atoms with Crippen molar-refractivity contribution >= 4 is 45.1 Å². The topological polar surface area (TPSA) is 127 Å². The van der Waals surface area contributed by atoms with Crippen LogP contribution in [0.15, 0.2) is 29.6 Å². The van der Waals surface area contributed by atoms with Crippen LogP contribution in [-0.4, -0.2) is 43.8 Å². The molecule has 0 saturated heterocycles. The van der Waals surface area contributed by atoms with Crippen molar-refractivity contribution in [3.63, 3.8) is 0 Å². The number of ether oxygens (including phenoxy) is 1. The third kappa shape index (κ3) is 4.69. The molecule has 150 valence electrons. The molecule has 0 aliphatic heterocycles. The molecule has 9 nitrogen and oxygen atoms in total. The van der Waals surface area contributed by atoms with E-state index in [9.17, 15) is 14.4 Å². The summed E-state index contributed by atoms with van der Waals surface area (Å²) in [5, 5.41) is 9.31. The molecule has 3 aromatic heterocycles. The highest BCUT2D eigenvalue weighted by Crippen LogP contribution is 2.35. The van der Waals surface area contributed by atoms with Crippen LogP contribution in [0.25, 0.3) is 11.5 Å². The normalized spacial score (nSPS) is 10.6. The highest BCUT2D eigenvalue weighted by atomic mass is 32.2. The number of esters is 1. The van der Waals surface area contributed by atoms with E-state index in [2.05, 4.69) is 25.5 Å². The summed E-state index contributed by atoms with van der Waals surface area (Å²) in [6, 6.07) is 5.35. The lowest BCUT2D eigenvalue weighted by molar-refractivity contribution is 0.0527. The second-order valence-corrected chi connectivity index (χ2v) is 7.69. The number of carbonyl (C=O) groups is 3. The number of aromatic nitrogens is 4. The van der Waals surface area contributed by atoms with Gasteiger partial charge in [-0.2, -0.15) is 4.98 Å². The van der Waals surface area contributed by atoms with Crippen molar-refractivity contribution in [1.82, 2.24) is 20.2 Å². The van der Waals surface area contributed by atoms with E-state index in [4.69, 9.17) is 4.74 Å². The highest BCUT2D eigenvalue weighted by molar-refractivity contribution is 8.13. The van der Waals surface area contributed by atoms with Crippen LogP contribution in [0.4, 0.5) is 9.80 Å². The first-order chi connectivity index (χ1) is 13.9. The van der Waals surface area contributed by atoms with Crippen LogP contribution >= 0.6 is 23.1 Å². The van der Waals surface area contributed by atoms with Crippen molar-refractivity contribution in [2.75, 3.05) is 11.9 Å². The first-order valence-corrected chi connectivity index (χ1v) is 10.2. The standard InChI is InChI=1S/C18H17N5O4S2/c1-4-27-16(25)12-9(2)13(10(3)24)28-15(12)21-18(26)29-17-20-14(22-23-17)11-7-5-6-8-19-11/h5-8H,4H2,1-3H3,(H,21,26)(H,20,22,23). The summed E-state index contributed by atoms with van der Waals surface area (Å²) in [4.78, 5) is 45.4. The summed E-state index contributed by atoms with van der Waals surface area (Å²) in [5.74, 6) is -0.358. The van der Waals surface area contributed by atoms with Crippen molar-refractivity contribution < 1.29 is 19.1 Å². The minimum absolute atomic E-state index is 0.180. The Labute approximate surface area is 174 Å².